The summed E-state index contributed by atoms with van der Waals surface area (Å²) in [7, 11) is 3.70. The van der Waals surface area contributed by atoms with Crippen LogP contribution in [0.1, 0.15) is 86.3 Å². The van der Waals surface area contributed by atoms with E-state index < -0.39 is 108 Å². The molecule has 0 amide bonds. The molecule has 4 saturated heterocycles. The number of aliphatic hydroxyl groups excluding tert-OH is 1. The Balaban J connectivity index is 1.67. The third-order valence-corrected chi connectivity index (χ3v) is 12.2. The van der Waals surface area contributed by atoms with Gasteiger partial charge in [0.2, 0.25) is 0 Å². The number of rotatable bonds is 10. The smallest absolute Gasteiger partial charge is 0.459 e. The average Bonchev–Trinajstić information content (AvgIpc) is 3.41. The number of cyclic esters (lactones) is 1. The van der Waals surface area contributed by atoms with Crippen LogP contribution in [0.25, 0.3) is 0 Å². The van der Waals surface area contributed by atoms with E-state index in [-0.39, 0.29) is 31.6 Å². The van der Waals surface area contributed by atoms with E-state index >= 15 is 0 Å². The number of esters is 2. The zero-order valence-corrected chi connectivity index (χ0v) is 34.8. The first-order valence-electron chi connectivity index (χ1n) is 20.0. The van der Waals surface area contributed by atoms with E-state index in [1.807, 2.05) is 32.8 Å². The van der Waals surface area contributed by atoms with Crippen molar-refractivity contribution in [2.24, 2.45) is 23.7 Å². The minimum Gasteiger partial charge on any atom is -0.459 e. The molecule has 0 spiro atoms. The lowest BCUT2D eigenvalue weighted by molar-refractivity contribution is -0.299. The van der Waals surface area contributed by atoms with Crippen molar-refractivity contribution in [3.8, 4) is 0 Å². The lowest BCUT2D eigenvalue weighted by atomic mass is 9.73. The molecular weight excluding hydrogens is 742 g/mol. The molecule has 0 aromatic heterocycles. The highest BCUT2D eigenvalue weighted by Crippen LogP contribution is 2.46. The molecule has 4 fully saturated rings. The molecule has 318 valence electrons. The summed E-state index contributed by atoms with van der Waals surface area (Å²) in [6.07, 6.45) is -8.85. The van der Waals surface area contributed by atoms with E-state index in [1.165, 1.54) is 6.08 Å². The molecular formula is C42H61NO14. The number of likely N-dealkylation sites (N-methyl/N-ethyl adjacent to an activating group) is 1. The normalized spacial score (nSPS) is 40.6. The van der Waals surface area contributed by atoms with Gasteiger partial charge in [-0.2, -0.15) is 0 Å². The van der Waals surface area contributed by atoms with Gasteiger partial charge in [-0.05, 0) is 72.5 Å². The number of benzene rings is 1. The Hall–Kier alpha value is -3.76. The molecule has 4 aliphatic heterocycles. The van der Waals surface area contributed by atoms with Gasteiger partial charge < -0.3 is 52.6 Å². The largest absolute Gasteiger partial charge is 0.509 e. The molecule has 1 aromatic carbocycles. The number of hydrogen-bond donors (Lipinski definition) is 1. The summed E-state index contributed by atoms with van der Waals surface area (Å²) in [5, 5.41) is 11.7. The maximum Gasteiger partial charge on any atom is 0.509 e. The maximum atomic E-state index is 14.5. The van der Waals surface area contributed by atoms with Gasteiger partial charge in [0.1, 0.15) is 36.1 Å². The van der Waals surface area contributed by atoms with Gasteiger partial charge in [0.25, 0.3) is 0 Å². The monoisotopic (exact) mass is 803 g/mol. The van der Waals surface area contributed by atoms with E-state index in [4.69, 9.17) is 42.6 Å². The molecule has 0 saturated carbocycles. The Morgan fingerprint density at radius 2 is 1.67 bits per heavy atom. The van der Waals surface area contributed by atoms with Crippen molar-refractivity contribution in [3.63, 3.8) is 0 Å². The standard InChI is InChI=1S/C42H61NO14/c1-12-19-49-33(27-17-15-14-16-18-27)37(46)52-32-25(6)34(54-38-30(44)28(43(10)11)20-23(4)50-38)41(8)21-22(3)31(53-39(47)56-41)24(5)35-42(9,57-40(48)55-35)29(13-2)51-36(45)26(32)7/h12,14-18,22-26,28-35,38,44H,1,13,19-21H2,2-11H3/t22-,23+,24+,25+,26-,28-,29-,30+,31?,32+,33?,34-,35-,38-,41-,42-/m1/s1. The second-order valence-electron chi connectivity index (χ2n) is 16.8. The minimum atomic E-state index is -1.53. The van der Waals surface area contributed by atoms with Gasteiger partial charge in [-0.1, -0.05) is 64.1 Å². The van der Waals surface area contributed by atoms with Gasteiger partial charge in [-0.15, -0.1) is 6.58 Å². The molecule has 57 heavy (non-hydrogen) atoms. The molecule has 15 nitrogen and oxygen atoms in total. The first-order chi connectivity index (χ1) is 26.8. The average molecular weight is 804 g/mol. The van der Waals surface area contributed by atoms with Crippen LogP contribution in [0.5, 0.6) is 0 Å². The third kappa shape index (κ3) is 9.27. The third-order valence-electron chi connectivity index (χ3n) is 12.2. The van der Waals surface area contributed by atoms with Crippen LogP contribution in [-0.4, -0.2) is 121 Å². The number of fused-ring (bicyclic) bond motifs is 4. The van der Waals surface area contributed by atoms with Crippen molar-refractivity contribution in [3.05, 3.63) is 48.6 Å². The lowest BCUT2D eigenvalue weighted by Gasteiger charge is -2.47. The summed E-state index contributed by atoms with van der Waals surface area (Å²) in [6, 6.07) is 8.41. The molecule has 0 aliphatic carbocycles. The number of ether oxygens (including phenoxy) is 9. The number of carbonyl (C=O) groups is 4. The number of carbonyl (C=O) groups excluding carboxylic acids is 4. The number of nitrogens with zero attached hydrogens (tertiary/aromatic N) is 1. The SMILES string of the molecule is C=CCOC(C(=O)O[C@H]1[C@H](C)[C@@H](O[C@H]2O[C@@H](C)C[C@@H](N(C)C)[C@@H]2O)[C@@]2(C)C[C@@H](C)C(OC(=O)O2)[C@H](C)[C@H]2OC(=O)O[C@]2(C)[C@@H](CC)OC(=O)[C@@H]1C)c1ccccc1. The highest BCUT2D eigenvalue weighted by molar-refractivity contribution is 5.78. The van der Waals surface area contributed by atoms with Gasteiger partial charge in [-0.3, -0.25) is 4.79 Å². The Morgan fingerprint density at radius 3 is 2.30 bits per heavy atom. The second-order valence-corrected chi connectivity index (χ2v) is 16.8. The minimum absolute atomic E-state index is 0.0184. The Morgan fingerprint density at radius 1 is 1.00 bits per heavy atom. The van der Waals surface area contributed by atoms with Gasteiger partial charge in [-0.25, -0.2) is 14.4 Å². The fourth-order valence-electron chi connectivity index (χ4n) is 9.31. The summed E-state index contributed by atoms with van der Waals surface area (Å²) in [5.74, 6) is -4.79. The number of hydrogen-bond acceptors (Lipinski definition) is 15. The summed E-state index contributed by atoms with van der Waals surface area (Å²) >= 11 is 0. The summed E-state index contributed by atoms with van der Waals surface area (Å²) in [4.78, 5) is 57.4. The first kappa shape index (κ1) is 44.3. The molecule has 5 rings (SSSR count). The van der Waals surface area contributed by atoms with E-state index in [0.29, 0.717) is 12.0 Å². The van der Waals surface area contributed by atoms with Crippen LogP contribution >= 0.6 is 0 Å². The molecule has 1 aromatic rings. The van der Waals surface area contributed by atoms with Crippen molar-refractivity contribution in [2.45, 2.75) is 147 Å². The van der Waals surface area contributed by atoms with Crippen molar-refractivity contribution in [1.29, 1.82) is 0 Å². The van der Waals surface area contributed by atoms with Crippen molar-refractivity contribution in [1.82, 2.24) is 4.90 Å². The predicted molar refractivity (Wildman–Crippen MR) is 203 cm³/mol. The molecule has 2 unspecified atom stereocenters. The zero-order valence-electron chi connectivity index (χ0n) is 34.8. The first-order valence-corrected chi connectivity index (χ1v) is 20.0. The highest BCUT2D eigenvalue weighted by Gasteiger charge is 2.61. The topological polar surface area (TPSA) is 175 Å². The van der Waals surface area contributed by atoms with Gasteiger partial charge in [0, 0.05) is 17.9 Å². The number of aliphatic hydroxyl groups is 1. The van der Waals surface area contributed by atoms with E-state index in [2.05, 4.69) is 6.58 Å². The van der Waals surface area contributed by atoms with Crippen LogP contribution in [0, 0.1) is 23.7 Å². The predicted octanol–water partition coefficient (Wildman–Crippen LogP) is 5.51. The fourth-order valence-corrected chi connectivity index (χ4v) is 9.31. The quantitative estimate of drug-likeness (QED) is 0.178. The summed E-state index contributed by atoms with van der Waals surface area (Å²) in [5.41, 5.74) is -2.51. The van der Waals surface area contributed by atoms with E-state index in [1.54, 1.807) is 71.9 Å². The van der Waals surface area contributed by atoms with Gasteiger partial charge >= 0.3 is 24.2 Å². The Bertz CT molecular complexity index is 1590. The summed E-state index contributed by atoms with van der Waals surface area (Å²) < 4.78 is 55.3. The molecule has 4 aliphatic rings. The maximum absolute atomic E-state index is 14.5. The van der Waals surface area contributed by atoms with Gasteiger partial charge in [0.05, 0.1) is 18.6 Å². The van der Waals surface area contributed by atoms with Crippen molar-refractivity contribution >= 4 is 24.2 Å². The van der Waals surface area contributed by atoms with Crippen LogP contribution in [0.3, 0.4) is 0 Å². The van der Waals surface area contributed by atoms with Crippen LogP contribution in [0.2, 0.25) is 0 Å². The summed E-state index contributed by atoms with van der Waals surface area (Å²) in [6.45, 7) is 17.7. The molecule has 1 N–H and O–H groups in total. The Kier molecular flexibility index (Phi) is 14.0. The van der Waals surface area contributed by atoms with Crippen LogP contribution in [-0.2, 0) is 52.2 Å². The second kappa shape index (κ2) is 18.0. The highest BCUT2D eigenvalue weighted by atomic mass is 16.8. The van der Waals surface area contributed by atoms with Crippen molar-refractivity contribution in [2.75, 3.05) is 20.7 Å². The molecule has 15 heteroatoms. The van der Waals surface area contributed by atoms with Crippen LogP contribution in [0.15, 0.2) is 43.0 Å². The molecule has 2 bridgehead atoms. The lowest BCUT2D eigenvalue weighted by Crippen LogP contribution is -2.60. The van der Waals surface area contributed by atoms with Crippen molar-refractivity contribution < 1.29 is 66.9 Å². The van der Waals surface area contributed by atoms with E-state index in [9.17, 15) is 24.3 Å². The van der Waals surface area contributed by atoms with Crippen LogP contribution < -0.4 is 0 Å². The molecule has 16 atom stereocenters. The molecule has 0 radical (unpaired) electrons. The fraction of sp³-hybridized carbons (Fsp3) is 0.714. The zero-order chi connectivity index (χ0) is 42.0. The van der Waals surface area contributed by atoms with Crippen LogP contribution in [0.4, 0.5) is 9.59 Å². The Labute approximate surface area is 335 Å². The van der Waals surface area contributed by atoms with Gasteiger partial charge in [0.15, 0.2) is 24.1 Å². The molecule has 4 heterocycles. The van der Waals surface area contributed by atoms with E-state index in [0.717, 1.165) is 0 Å².